The first kappa shape index (κ1) is 18.4. The van der Waals surface area contributed by atoms with E-state index in [-0.39, 0.29) is 0 Å². The molecular weight excluding hydrogens is 252 g/mol. The smallest absolute Gasteiger partial charge is 0.411 e. The van der Waals surface area contributed by atoms with Crippen molar-refractivity contribution >= 4 is 6.09 Å². The summed E-state index contributed by atoms with van der Waals surface area (Å²) in [5.74, 6) is 0. The highest BCUT2D eigenvalue weighted by Gasteiger charge is 2.25. The summed E-state index contributed by atoms with van der Waals surface area (Å²) >= 11 is 0. The van der Waals surface area contributed by atoms with Gasteiger partial charge >= 0.3 is 6.09 Å². The molecule has 0 aliphatic carbocycles. The Hall–Kier alpha value is -1.55. The Kier molecular flexibility index (Phi) is 9.47. The van der Waals surface area contributed by atoms with Gasteiger partial charge in [-0.25, -0.2) is 4.79 Å². The third-order valence-electron chi connectivity index (χ3n) is 3.08. The number of amides is 1. The predicted octanol–water partition coefficient (Wildman–Crippen LogP) is 3.53. The number of alkyl carbamates (subject to hydrolysis) is 1. The number of allylic oxidation sites excluding steroid dienone is 4. The fourth-order valence-electron chi connectivity index (χ4n) is 1.52. The molecule has 0 aliphatic heterocycles. The lowest BCUT2D eigenvalue weighted by Gasteiger charge is -2.28. The van der Waals surface area contributed by atoms with Gasteiger partial charge in [0.15, 0.2) is 0 Å². The van der Waals surface area contributed by atoms with Crippen molar-refractivity contribution in [2.75, 3.05) is 13.1 Å². The lowest BCUT2D eigenvalue weighted by molar-refractivity contribution is 0.0180. The van der Waals surface area contributed by atoms with Gasteiger partial charge < -0.3 is 10.1 Å². The van der Waals surface area contributed by atoms with Crippen molar-refractivity contribution in [2.24, 2.45) is 0 Å². The molecule has 114 valence electrons. The van der Waals surface area contributed by atoms with Gasteiger partial charge in [0.1, 0.15) is 5.60 Å². The summed E-state index contributed by atoms with van der Waals surface area (Å²) in [7, 11) is 0. The summed E-state index contributed by atoms with van der Waals surface area (Å²) in [5, 5.41) is 5.89. The van der Waals surface area contributed by atoms with Crippen molar-refractivity contribution in [3.63, 3.8) is 0 Å². The fourth-order valence-corrected chi connectivity index (χ4v) is 1.52. The molecule has 1 amide bonds. The second-order valence-electron chi connectivity index (χ2n) is 4.92. The van der Waals surface area contributed by atoms with Gasteiger partial charge in [0.25, 0.3) is 0 Å². The lowest BCUT2D eigenvalue weighted by atomic mass is 9.99. The van der Waals surface area contributed by atoms with Gasteiger partial charge in [0.05, 0.1) is 0 Å². The molecule has 0 aromatic rings. The fraction of sp³-hybridized carbons (Fsp3) is 0.562. The second kappa shape index (κ2) is 10.3. The molecule has 0 heterocycles. The van der Waals surface area contributed by atoms with E-state index in [1.54, 1.807) is 12.3 Å². The molecule has 0 bridgehead atoms. The highest BCUT2D eigenvalue weighted by atomic mass is 16.6. The van der Waals surface area contributed by atoms with Crippen LogP contribution in [0.2, 0.25) is 0 Å². The molecule has 4 heteroatoms. The minimum Gasteiger partial charge on any atom is -0.443 e. The minimum absolute atomic E-state index is 0.419. The summed E-state index contributed by atoms with van der Waals surface area (Å²) in [6.45, 7) is 13.3. The normalized spacial score (nSPS) is 14.9. The standard InChI is InChI=1S/C16H28N2O2/c1-6-9-10-14(4)13-18-15(19)20-16(5,7-2)11-12-17-8-3/h6,9-10,13,17H,1,7-8,11-12H2,2-5H3,(H,18,19)/b10-9-,14-13+. The van der Waals surface area contributed by atoms with E-state index in [0.717, 1.165) is 31.5 Å². The summed E-state index contributed by atoms with van der Waals surface area (Å²) in [6.07, 6.45) is 8.14. The number of nitrogens with one attached hydrogen (secondary N) is 2. The summed E-state index contributed by atoms with van der Waals surface area (Å²) in [5.41, 5.74) is 0.484. The van der Waals surface area contributed by atoms with Gasteiger partial charge in [-0.1, -0.05) is 38.7 Å². The van der Waals surface area contributed by atoms with E-state index in [9.17, 15) is 4.79 Å². The molecule has 1 atom stereocenters. The first-order valence-corrected chi connectivity index (χ1v) is 7.13. The number of hydrogen-bond acceptors (Lipinski definition) is 3. The third-order valence-corrected chi connectivity index (χ3v) is 3.08. The summed E-state index contributed by atoms with van der Waals surface area (Å²) in [6, 6.07) is 0. The number of carbonyl (C=O) groups is 1. The quantitative estimate of drug-likeness (QED) is 0.502. The molecule has 2 N–H and O–H groups in total. The van der Waals surface area contributed by atoms with Gasteiger partial charge in [-0.05, 0) is 45.4 Å². The van der Waals surface area contributed by atoms with Crippen LogP contribution in [0.3, 0.4) is 0 Å². The SMILES string of the molecule is C=C/C=C\C(C)=C\NC(=O)OC(C)(CC)CCNCC. The van der Waals surface area contributed by atoms with E-state index < -0.39 is 11.7 Å². The van der Waals surface area contributed by atoms with E-state index in [2.05, 4.69) is 24.1 Å². The zero-order valence-electron chi connectivity index (χ0n) is 13.2. The molecule has 0 aromatic carbocycles. The second-order valence-corrected chi connectivity index (χ2v) is 4.92. The molecule has 20 heavy (non-hydrogen) atoms. The summed E-state index contributed by atoms with van der Waals surface area (Å²) in [4.78, 5) is 11.8. The highest BCUT2D eigenvalue weighted by molar-refractivity contribution is 5.69. The first-order chi connectivity index (χ1) is 9.47. The van der Waals surface area contributed by atoms with Crippen molar-refractivity contribution < 1.29 is 9.53 Å². The van der Waals surface area contributed by atoms with Gasteiger partial charge in [0, 0.05) is 6.20 Å². The number of rotatable bonds is 9. The van der Waals surface area contributed by atoms with Crippen LogP contribution in [0, 0.1) is 0 Å². The lowest BCUT2D eigenvalue weighted by Crippen LogP contribution is -2.37. The van der Waals surface area contributed by atoms with Crippen LogP contribution in [0.15, 0.2) is 36.6 Å². The topological polar surface area (TPSA) is 50.4 Å². The Morgan fingerprint density at radius 2 is 2.10 bits per heavy atom. The molecule has 0 fully saturated rings. The van der Waals surface area contributed by atoms with Crippen LogP contribution >= 0.6 is 0 Å². The van der Waals surface area contributed by atoms with Gasteiger partial charge in [-0.3, -0.25) is 5.32 Å². The first-order valence-electron chi connectivity index (χ1n) is 7.13. The highest BCUT2D eigenvalue weighted by Crippen LogP contribution is 2.19. The van der Waals surface area contributed by atoms with E-state index in [4.69, 9.17) is 4.74 Å². The summed E-state index contributed by atoms with van der Waals surface area (Å²) < 4.78 is 5.51. The van der Waals surface area contributed by atoms with Crippen molar-refractivity contribution in [3.8, 4) is 0 Å². The molecule has 4 nitrogen and oxygen atoms in total. The molecule has 0 saturated carbocycles. The van der Waals surface area contributed by atoms with E-state index in [1.165, 1.54) is 0 Å². The molecule has 0 rings (SSSR count). The van der Waals surface area contributed by atoms with Crippen molar-refractivity contribution in [1.29, 1.82) is 0 Å². The third kappa shape index (κ3) is 8.53. The monoisotopic (exact) mass is 280 g/mol. The maximum absolute atomic E-state index is 11.8. The molecule has 1 unspecified atom stereocenters. The van der Waals surface area contributed by atoms with Crippen LogP contribution < -0.4 is 10.6 Å². The average Bonchev–Trinajstić information content (AvgIpc) is 2.43. The van der Waals surface area contributed by atoms with Crippen LogP contribution in [0.1, 0.15) is 40.5 Å². The van der Waals surface area contributed by atoms with Crippen LogP contribution in [0.4, 0.5) is 4.79 Å². The van der Waals surface area contributed by atoms with Gasteiger partial charge in [-0.15, -0.1) is 0 Å². The zero-order chi connectivity index (χ0) is 15.4. The number of carbonyl (C=O) groups excluding carboxylic acids is 1. The Morgan fingerprint density at radius 1 is 1.40 bits per heavy atom. The van der Waals surface area contributed by atoms with Crippen molar-refractivity contribution in [3.05, 3.63) is 36.6 Å². The van der Waals surface area contributed by atoms with Crippen LogP contribution in [-0.2, 0) is 4.74 Å². The van der Waals surface area contributed by atoms with Crippen molar-refractivity contribution in [2.45, 2.75) is 46.1 Å². The van der Waals surface area contributed by atoms with E-state index in [0.29, 0.717) is 0 Å². The molecule has 0 spiro atoms. The molecule has 0 saturated heterocycles. The molecule has 0 aliphatic rings. The Labute approximate surface area is 123 Å². The van der Waals surface area contributed by atoms with Crippen LogP contribution in [-0.4, -0.2) is 24.8 Å². The van der Waals surface area contributed by atoms with Crippen molar-refractivity contribution in [1.82, 2.24) is 10.6 Å². The minimum atomic E-state index is -0.440. The molecular formula is C16H28N2O2. The zero-order valence-corrected chi connectivity index (χ0v) is 13.2. The van der Waals surface area contributed by atoms with E-state index >= 15 is 0 Å². The van der Waals surface area contributed by atoms with Crippen LogP contribution in [0.25, 0.3) is 0 Å². The number of ether oxygens (including phenoxy) is 1. The molecule has 0 aromatic heterocycles. The molecule has 0 radical (unpaired) electrons. The average molecular weight is 280 g/mol. The van der Waals surface area contributed by atoms with Gasteiger partial charge in [-0.2, -0.15) is 0 Å². The van der Waals surface area contributed by atoms with Gasteiger partial charge in [0.2, 0.25) is 0 Å². The Balaban J connectivity index is 4.33. The number of hydrogen-bond donors (Lipinski definition) is 2. The Bertz CT molecular complexity index is 361. The maximum atomic E-state index is 11.8. The predicted molar refractivity (Wildman–Crippen MR) is 84.6 cm³/mol. The van der Waals surface area contributed by atoms with E-state index in [1.807, 2.05) is 32.9 Å². The maximum Gasteiger partial charge on any atom is 0.411 e. The van der Waals surface area contributed by atoms with Crippen LogP contribution in [0.5, 0.6) is 0 Å². The largest absolute Gasteiger partial charge is 0.443 e. The Morgan fingerprint density at radius 3 is 2.65 bits per heavy atom.